The quantitative estimate of drug-likeness (QED) is 0.710. The Kier molecular flexibility index (Phi) is 5.11. The second-order valence-electron chi connectivity index (χ2n) is 3.93. The fraction of sp³-hybridized carbons (Fsp3) is 0.800. The van der Waals surface area contributed by atoms with E-state index in [1.807, 2.05) is 4.90 Å². The number of carbonyl (C=O) groups excluding carboxylic acids is 2. The molecule has 1 fully saturated rings. The summed E-state index contributed by atoms with van der Waals surface area (Å²) >= 11 is 3.67. The van der Waals surface area contributed by atoms with E-state index in [2.05, 4.69) is 24.6 Å². The molecule has 4 nitrogen and oxygen atoms in total. The van der Waals surface area contributed by atoms with E-state index in [0.29, 0.717) is 19.3 Å². The van der Waals surface area contributed by atoms with Crippen LogP contribution in [0.2, 0.25) is 0 Å². The van der Waals surface area contributed by atoms with Crippen LogP contribution < -0.4 is 0 Å². The minimum absolute atomic E-state index is 0.138. The molecular weight excluding hydrogens is 212 g/mol. The first-order chi connectivity index (χ1) is 7.09. The molecule has 0 spiro atoms. The van der Waals surface area contributed by atoms with Crippen molar-refractivity contribution in [3.8, 4) is 0 Å². The van der Waals surface area contributed by atoms with E-state index < -0.39 is 0 Å². The van der Waals surface area contributed by atoms with Crippen LogP contribution in [0.25, 0.3) is 0 Å². The third kappa shape index (κ3) is 4.66. The topological polar surface area (TPSA) is 40.6 Å². The molecule has 0 aromatic heterocycles. The third-order valence-corrected chi connectivity index (χ3v) is 2.86. The Morgan fingerprint density at radius 3 is 2.27 bits per heavy atom. The van der Waals surface area contributed by atoms with Crippen LogP contribution in [0.3, 0.4) is 0 Å². The summed E-state index contributed by atoms with van der Waals surface area (Å²) in [5, 5.41) is -0.138. The first-order valence-corrected chi connectivity index (χ1v) is 5.72. The van der Waals surface area contributed by atoms with Crippen LogP contribution in [-0.4, -0.2) is 54.0 Å². The molecule has 0 unspecified atom stereocenters. The van der Waals surface area contributed by atoms with E-state index in [1.165, 1.54) is 0 Å². The number of piperazine rings is 1. The molecule has 86 valence electrons. The predicted molar refractivity (Wildman–Crippen MR) is 61.9 cm³/mol. The van der Waals surface area contributed by atoms with Crippen LogP contribution in [0.1, 0.15) is 19.3 Å². The van der Waals surface area contributed by atoms with Gasteiger partial charge in [-0.25, -0.2) is 0 Å². The van der Waals surface area contributed by atoms with Gasteiger partial charge in [-0.2, -0.15) is 0 Å². The van der Waals surface area contributed by atoms with Gasteiger partial charge in [0, 0.05) is 39.0 Å². The number of hydrogen-bond acceptors (Lipinski definition) is 3. The van der Waals surface area contributed by atoms with Gasteiger partial charge in [-0.1, -0.05) is 0 Å². The molecule has 1 heterocycles. The highest BCUT2D eigenvalue weighted by molar-refractivity contribution is 7.96. The Bertz CT molecular complexity index is 238. The lowest BCUT2D eigenvalue weighted by Crippen LogP contribution is -2.47. The molecule has 1 saturated heterocycles. The van der Waals surface area contributed by atoms with Crippen molar-refractivity contribution in [2.24, 2.45) is 0 Å². The minimum atomic E-state index is -0.138. The SMILES string of the molecule is CN1CCN(C(=O)CCCC(=O)S)CC1. The van der Waals surface area contributed by atoms with Crippen LogP contribution in [0.4, 0.5) is 0 Å². The maximum absolute atomic E-state index is 11.7. The first kappa shape index (κ1) is 12.5. The van der Waals surface area contributed by atoms with Gasteiger partial charge in [-0.05, 0) is 13.5 Å². The molecule has 0 aliphatic carbocycles. The predicted octanol–water partition coefficient (Wildman–Crippen LogP) is 0.387. The summed E-state index contributed by atoms with van der Waals surface area (Å²) in [6, 6.07) is 0. The van der Waals surface area contributed by atoms with Gasteiger partial charge in [0.25, 0.3) is 0 Å². The summed E-state index contributed by atoms with van der Waals surface area (Å²) in [6.07, 6.45) is 1.48. The minimum Gasteiger partial charge on any atom is -0.340 e. The highest BCUT2D eigenvalue weighted by atomic mass is 32.1. The van der Waals surface area contributed by atoms with Gasteiger partial charge in [0.1, 0.15) is 0 Å². The summed E-state index contributed by atoms with van der Waals surface area (Å²) in [5.74, 6) is 0.165. The summed E-state index contributed by atoms with van der Waals surface area (Å²) in [4.78, 5) is 26.3. The summed E-state index contributed by atoms with van der Waals surface area (Å²) in [6.45, 7) is 3.50. The van der Waals surface area contributed by atoms with Crippen LogP contribution >= 0.6 is 12.6 Å². The highest BCUT2D eigenvalue weighted by Crippen LogP contribution is 2.06. The normalized spacial score (nSPS) is 17.9. The monoisotopic (exact) mass is 230 g/mol. The van der Waals surface area contributed by atoms with Crippen molar-refractivity contribution in [2.45, 2.75) is 19.3 Å². The van der Waals surface area contributed by atoms with Crippen LogP contribution in [-0.2, 0) is 9.59 Å². The molecule has 1 rings (SSSR count). The maximum atomic E-state index is 11.7. The lowest BCUT2D eigenvalue weighted by molar-refractivity contribution is -0.132. The van der Waals surface area contributed by atoms with Crippen LogP contribution in [0, 0.1) is 0 Å². The van der Waals surface area contributed by atoms with Gasteiger partial charge in [0.05, 0.1) is 0 Å². The van der Waals surface area contributed by atoms with Gasteiger partial charge in [-0.3, -0.25) is 9.59 Å². The van der Waals surface area contributed by atoms with Gasteiger partial charge >= 0.3 is 0 Å². The van der Waals surface area contributed by atoms with Crippen molar-refractivity contribution < 1.29 is 9.59 Å². The van der Waals surface area contributed by atoms with Crippen LogP contribution in [0.5, 0.6) is 0 Å². The molecule has 1 aliphatic heterocycles. The van der Waals surface area contributed by atoms with Gasteiger partial charge in [0.15, 0.2) is 5.12 Å². The van der Waals surface area contributed by atoms with Crippen molar-refractivity contribution in [2.75, 3.05) is 33.2 Å². The maximum Gasteiger partial charge on any atom is 0.222 e. The highest BCUT2D eigenvalue weighted by Gasteiger charge is 2.18. The molecule has 0 aromatic rings. The van der Waals surface area contributed by atoms with Gasteiger partial charge < -0.3 is 9.80 Å². The van der Waals surface area contributed by atoms with Crippen LogP contribution in [0.15, 0.2) is 0 Å². The van der Waals surface area contributed by atoms with Crippen molar-refractivity contribution in [3.63, 3.8) is 0 Å². The number of thiol groups is 1. The molecule has 0 N–H and O–H groups in total. The summed E-state index contributed by atoms with van der Waals surface area (Å²) in [5.41, 5.74) is 0. The number of amides is 1. The molecule has 1 aliphatic rings. The molecule has 0 saturated carbocycles. The molecule has 1 amide bonds. The van der Waals surface area contributed by atoms with Crippen molar-refractivity contribution in [1.82, 2.24) is 9.80 Å². The number of hydrogen-bond donors (Lipinski definition) is 1. The Labute approximate surface area is 96.0 Å². The van der Waals surface area contributed by atoms with E-state index in [9.17, 15) is 9.59 Å². The second-order valence-corrected chi connectivity index (χ2v) is 4.43. The van der Waals surface area contributed by atoms with E-state index >= 15 is 0 Å². The average Bonchev–Trinajstić information content (AvgIpc) is 2.18. The third-order valence-electron chi connectivity index (χ3n) is 2.64. The zero-order chi connectivity index (χ0) is 11.3. The Balaban J connectivity index is 2.19. The van der Waals surface area contributed by atoms with E-state index in [1.54, 1.807) is 0 Å². The standard InChI is InChI=1S/C10H18N2O2S/c1-11-5-7-12(8-6-11)9(13)3-2-4-10(14)15/h2-8H2,1H3,(H,14,15). The molecule has 0 aromatic carbocycles. The number of nitrogens with zero attached hydrogens (tertiary/aromatic N) is 2. The van der Waals surface area contributed by atoms with Crippen molar-refractivity contribution in [3.05, 3.63) is 0 Å². The number of carbonyl (C=O) groups is 2. The smallest absolute Gasteiger partial charge is 0.222 e. The lowest BCUT2D eigenvalue weighted by Gasteiger charge is -2.32. The second kappa shape index (κ2) is 6.12. The first-order valence-electron chi connectivity index (χ1n) is 5.27. The van der Waals surface area contributed by atoms with Gasteiger partial charge in [0.2, 0.25) is 5.91 Å². The number of likely N-dealkylation sites (N-methyl/N-ethyl adjacent to an activating group) is 1. The average molecular weight is 230 g/mol. The summed E-state index contributed by atoms with van der Waals surface area (Å²) < 4.78 is 0. The largest absolute Gasteiger partial charge is 0.340 e. The zero-order valence-corrected chi connectivity index (χ0v) is 10.0. The van der Waals surface area contributed by atoms with E-state index in [-0.39, 0.29) is 11.0 Å². The lowest BCUT2D eigenvalue weighted by atomic mass is 10.2. The molecular formula is C10H18N2O2S. The zero-order valence-electron chi connectivity index (χ0n) is 9.11. The molecule has 0 atom stereocenters. The molecule has 5 heteroatoms. The Hall–Kier alpha value is -0.550. The number of rotatable bonds is 4. The molecule has 0 bridgehead atoms. The van der Waals surface area contributed by atoms with Crippen molar-refractivity contribution in [1.29, 1.82) is 0 Å². The van der Waals surface area contributed by atoms with Crippen molar-refractivity contribution >= 4 is 23.7 Å². The van der Waals surface area contributed by atoms with E-state index in [0.717, 1.165) is 26.2 Å². The summed E-state index contributed by atoms with van der Waals surface area (Å²) in [7, 11) is 2.06. The molecule has 15 heavy (non-hydrogen) atoms. The molecule has 0 radical (unpaired) electrons. The Morgan fingerprint density at radius 1 is 1.13 bits per heavy atom. The fourth-order valence-electron chi connectivity index (χ4n) is 1.60. The Morgan fingerprint density at radius 2 is 1.73 bits per heavy atom. The fourth-order valence-corrected chi connectivity index (χ4v) is 1.76. The van der Waals surface area contributed by atoms with Gasteiger partial charge in [-0.15, -0.1) is 12.6 Å². The van der Waals surface area contributed by atoms with E-state index in [4.69, 9.17) is 0 Å².